The van der Waals surface area contributed by atoms with Crippen LogP contribution in [0, 0.1) is 0 Å². The Labute approximate surface area is 521 Å². The second-order valence-corrected chi connectivity index (χ2v) is 22.5. The highest BCUT2D eigenvalue weighted by molar-refractivity contribution is 5.79. The van der Waals surface area contributed by atoms with Gasteiger partial charge < -0.3 is 129 Å². The van der Waals surface area contributed by atoms with E-state index in [9.17, 15) is 69.9 Å². The zero-order valence-corrected chi connectivity index (χ0v) is 52.4. The standard InChI is InChI=1S/C58H105N5O26/c1-36(2)63-58(14-11-37(3)59-17-20-80-23-26-83-29-32-86-57-48(62-40(6)69)54(77)51(74)45(35-66)89-57,15-12-41(70)9-7-18-78-21-24-81-27-30-84-55-46(60-38(4)67)52(75)49(72)43(33-64)87-55)16-13-42(71)10-8-19-79-22-25-82-28-31-85-56-47(61-39(5)68)53(76)50(73)44(34-65)88-56/h36,43-57,59,63-66,72-77H,3,7-35H2,1-2,4-6H3,(H,60,67)(H,61,68)(H,62,69). The van der Waals surface area contributed by atoms with Crippen LogP contribution in [0.5, 0.6) is 0 Å². The molecule has 3 rings (SSSR count). The maximum atomic E-state index is 13.4. The van der Waals surface area contributed by atoms with Crippen molar-refractivity contribution in [2.45, 2.75) is 202 Å². The summed E-state index contributed by atoms with van der Waals surface area (Å²) in [5, 5.41) is 105. The van der Waals surface area contributed by atoms with E-state index in [1.165, 1.54) is 20.8 Å². The molecule has 0 aromatic rings. The fourth-order valence-corrected chi connectivity index (χ4v) is 10.2. The average Bonchev–Trinajstić information content (AvgIpc) is 2.52. The summed E-state index contributed by atoms with van der Waals surface area (Å²) in [4.78, 5) is 61.9. The first-order chi connectivity index (χ1) is 42.6. The molecule has 3 aliphatic heterocycles. The molecular formula is C58H105N5O26. The van der Waals surface area contributed by atoms with E-state index < -0.39 is 135 Å². The molecule has 15 atom stereocenters. The number of Topliss-reactive ketones (excluding diaryl/α,β-unsaturated/α-hetero) is 2. The first-order valence-corrected chi connectivity index (χ1v) is 30.8. The molecule has 0 spiro atoms. The Morgan fingerprint density at radius 3 is 1.06 bits per heavy atom. The minimum absolute atomic E-state index is 0.0123. The number of hydrogen-bond donors (Lipinski definition) is 14. The zero-order valence-electron chi connectivity index (χ0n) is 52.4. The molecule has 518 valence electrons. The largest absolute Gasteiger partial charge is 0.394 e. The van der Waals surface area contributed by atoms with Crippen molar-refractivity contribution in [2.75, 3.05) is 125 Å². The molecule has 15 unspecified atom stereocenters. The fraction of sp³-hybridized carbons (Fsp3) is 0.879. The maximum Gasteiger partial charge on any atom is 0.217 e. The molecule has 3 amide bonds. The number of ether oxygens (including phenoxy) is 12. The number of aliphatic hydroxyl groups excluding tert-OH is 9. The van der Waals surface area contributed by atoms with Crippen LogP contribution in [-0.4, -0.2) is 304 Å². The van der Waals surface area contributed by atoms with Crippen LogP contribution in [-0.2, 0) is 80.8 Å². The highest BCUT2D eigenvalue weighted by atomic mass is 16.7. The van der Waals surface area contributed by atoms with Crippen LogP contribution in [0.1, 0.15) is 98.8 Å². The van der Waals surface area contributed by atoms with E-state index in [0.717, 1.165) is 5.70 Å². The van der Waals surface area contributed by atoms with Gasteiger partial charge in [-0.05, 0) is 38.5 Å². The van der Waals surface area contributed by atoms with Crippen molar-refractivity contribution in [1.29, 1.82) is 0 Å². The predicted octanol–water partition coefficient (Wildman–Crippen LogP) is -4.15. The van der Waals surface area contributed by atoms with E-state index in [1.54, 1.807) is 0 Å². The third kappa shape index (κ3) is 30.8. The van der Waals surface area contributed by atoms with E-state index >= 15 is 0 Å². The summed E-state index contributed by atoms with van der Waals surface area (Å²) >= 11 is 0. The topological polar surface area (TPSA) is 438 Å². The van der Waals surface area contributed by atoms with Crippen LogP contribution >= 0.6 is 0 Å². The van der Waals surface area contributed by atoms with E-state index in [2.05, 4.69) is 33.2 Å². The lowest BCUT2D eigenvalue weighted by Crippen LogP contribution is -2.64. The van der Waals surface area contributed by atoms with Gasteiger partial charge in [0.15, 0.2) is 18.9 Å². The number of aliphatic hydroxyl groups is 9. The third-order valence-electron chi connectivity index (χ3n) is 14.8. The van der Waals surface area contributed by atoms with E-state index in [4.69, 9.17) is 56.8 Å². The molecule has 31 nitrogen and oxygen atoms in total. The molecule has 14 N–H and O–H groups in total. The summed E-state index contributed by atoms with van der Waals surface area (Å²) in [6.45, 7) is 13.6. The van der Waals surface area contributed by atoms with Gasteiger partial charge in [-0.2, -0.15) is 0 Å². The molecule has 0 bridgehead atoms. The van der Waals surface area contributed by atoms with Gasteiger partial charge >= 0.3 is 0 Å². The van der Waals surface area contributed by atoms with Crippen LogP contribution < -0.4 is 26.6 Å². The number of nitrogens with one attached hydrogen (secondary N) is 5. The van der Waals surface area contributed by atoms with E-state index in [-0.39, 0.29) is 123 Å². The number of carbonyl (C=O) groups is 5. The van der Waals surface area contributed by atoms with Crippen molar-refractivity contribution in [3.8, 4) is 0 Å². The van der Waals surface area contributed by atoms with Crippen molar-refractivity contribution in [2.24, 2.45) is 0 Å². The van der Waals surface area contributed by atoms with E-state index in [1.807, 2.05) is 13.8 Å². The highest BCUT2D eigenvalue weighted by Gasteiger charge is 2.48. The van der Waals surface area contributed by atoms with Crippen molar-refractivity contribution in [3.63, 3.8) is 0 Å². The van der Waals surface area contributed by atoms with Crippen molar-refractivity contribution < 1.29 is 127 Å². The third-order valence-corrected chi connectivity index (χ3v) is 14.8. The molecule has 31 heteroatoms. The molecule has 3 heterocycles. The van der Waals surface area contributed by atoms with Crippen LogP contribution in [0.25, 0.3) is 0 Å². The molecule has 0 aromatic carbocycles. The molecule has 0 aromatic heterocycles. The SMILES string of the molecule is C=C(CCC(CCC(=O)CCCOCCOCCOC1OC(CO)C(O)C(O)C1NC(C)=O)(CCC(=O)CCCOCCOCCOC1OC(CO)C(O)C(O)C1NC(C)=O)NC(C)C)NCCOCCOCCOC1OC(CO)C(O)C(O)C1NC(C)=O. The number of allylic oxidation sites excluding steroid dienone is 1. The van der Waals surface area contributed by atoms with Crippen LogP contribution in [0.4, 0.5) is 0 Å². The maximum absolute atomic E-state index is 13.4. The summed E-state index contributed by atoms with van der Waals surface area (Å²) in [5.74, 6) is -1.31. The van der Waals surface area contributed by atoms with Gasteiger partial charge in [-0.3, -0.25) is 24.0 Å². The Bertz CT molecular complexity index is 1800. The Morgan fingerprint density at radius 2 is 0.742 bits per heavy atom. The molecule has 3 aliphatic rings. The van der Waals surface area contributed by atoms with Crippen LogP contribution in [0.2, 0.25) is 0 Å². The lowest BCUT2D eigenvalue weighted by Gasteiger charge is -2.42. The average molecular weight is 1290 g/mol. The van der Waals surface area contributed by atoms with Gasteiger partial charge in [-0.1, -0.05) is 20.4 Å². The summed E-state index contributed by atoms with van der Waals surface area (Å²) in [6, 6.07) is -3.18. The normalized spacial score (nSPS) is 27.8. The lowest BCUT2D eigenvalue weighted by atomic mass is 9.81. The quantitative estimate of drug-likeness (QED) is 0.0257. The minimum atomic E-state index is -1.43. The van der Waals surface area contributed by atoms with Gasteiger partial charge in [0.25, 0.3) is 0 Å². The Kier molecular flexibility index (Phi) is 40.2. The minimum Gasteiger partial charge on any atom is -0.394 e. The second kappa shape index (κ2) is 44.9. The van der Waals surface area contributed by atoms with Gasteiger partial charge in [0, 0.05) is 83.5 Å². The molecular weight excluding hydrogens is 1180 g/mol. The van der Waals surface area contributed by atoms with Crippen LogP contribution in [0.3, 0.4) is 0 Å². The molecule has 0 saturated carbocycles. The van der Waals surface area contributed by atoms with Crippen molar-refractivity contribution >= 4 is 29.3 Å². The van der Waals surface area contributed by atoms with E-state index in [0.29, 0.717) is 64.9 Å². The van der Waals surface area contributed by atoms with Gasteiger partial charge in [-0.15, -0.1) is 0 Å². The number of ketones is 2. The van der Waals surface area contributed by atoms with Gasteiger partial charge in [0.1, 0.15) is 84.6 Å². The summed E-state index contributed by atoms with van der Waals surface area (Å²) < 4.78 is 67.6. The van der Waals surface area contributed by atoms with Crippen LogP contribution in [0.15, 0.2) is 12.3 Å². The summed E-state index contributed by atoms with van der Waals surface area (Å²) in [5.41, 5.74) is 0.147. The highest BCUT2D eigenvalue weighted by Crippen LogP contribution is 2.30. The zero-order chi connectivity index (χ0) is 65.7. The number of carbonyl (C=O) groups excluding carboxylic acids is 5. The number of rotatable bonds is 50. The Hall–Kier alpha value is -3.59. The smallest absolute Gasteiger partial charge is 0.217 e. The molecule has 3 saturated heterocycles. The predicted molar refractivity (Wildman–Crippen MR) is 313 cm³/mol. The Balaban J connectivity index is 1.43. The second-order valence-electron chi connectivity index (χ2n) is 22.5. The molecule has 0 aliphatic carbocycles. The van der Waals surface area contributed by atoms with Crippen molar-refractivity contribution in [1.82, 2.24) is 26.6 Å². The molecule has 0 radical (unpaired) electrons. The monoisotopic (exact) mass is 1290 g/mol. The number of amides is 3. The van der Waals surface area contributed by atoms with Crippen molar-refractivity contribution in [3.05, 3.63) is 12.3 Å². The lowest BCUT2D eigenvalue weighted by molar-refractivity contribution is -0.272. The fourth-order valence-electron chi connectivity index (χ4n) is 10.2. The van der Waals surface area contributed by atoms with Gasteiger partial charge in [0.05, 0.1) is 106 Å². The Morgan fingerprint density at radius 1 is 0.438 bits per heavy atom. The van der Waals surface area contributed by atoms with Gasteiger partial charge in [-0.25, -0.2) is 0 Å². The summed E-state index contributed by atoms with van der Waals surface area (Å²) in [7, 11) is 0. The number of hydrogen-bond acceptors (Lipinski definition) is 28. The first-order valence-electron chi connectivity index (χ1n) is 30.8. The van der Waals surface area contributed by atoms with Gasteiger partial charge in [0.2, 0.25) is 17.7 Å². The first kappa shape index (κ1) is 79.6. The molecule has 3 fully saturated rings. The summed E-state index contributed by atoms with van der Waals surface area (Å²) in [6.07, 6.45) is -11.2. The molecule has 89 heavy (non-hydrogen) atoms.